The molecule has 0 aliphatic rings. The number of hydrogen-bond acceptors (Lipinski definition) is 2. The molecule has 0 aliphatic heterocycles. The van der Waals surface area contributed by atoms with Gasteiger partial charge in [0.2, 0.25) is 0 Å². The van der Waals surface area contributed by atoms with Gasteiger partial charge in [-0.2, -0.15) is 5.26 Å². The van der Waals surface area contributed by atoms with Gasteiger partial charge < -0.3 is 5.11 Å². The van der Waals surface area contributed by atoms with E-state index < -0.39 is 6.10 Å². The Hall–Kier alpha value is -1.07. The zero-order valence-electron chi connectivity index (χ0n) is 7.67. The van der Waals surface area contributed by atoms with E-state index in [4.69, 9.17) is 5.26 Å². The molecule has 0 radical (unpaired) electrons. The first kappa shape index (κ1) is 10.9. The average molecular weight is 165 g/mol. The average Bonchev–Trinajstić information content (AvgIpc) is 2.01. The molecule has 12 heavy (non-hydrogen) atoms. The molecule has 1 N–H and O–H groups in total. The highest BCUT2D eigenvalue weighted by Crippen LogP contribution is 2.28. The fourth-order valence-electron chi connectivity index (χ4n) is 1.02. The molecule has 0 rings (SSSR count). The lowest BCUT2D eigenvalue weighted by atomic mass is 9.80. The molecule has 0 aromatic rings. The van der Waals surface area contributed by atoms with Crippen molar-refractivity contribution < 1.29 is 5.11 Å². The number of aliphatic hydroxyl groups is 1. The third-order valence-electron chi connectivity index (χ3n) is 1.88. The van der Waals surface area contributed by atoms with E-state index in [0.29, 0.717) is 6.42 Å². The SMILES string of the molecule is C=CCC(C)(C)C(O)C(=C)C#N. The summed E-state index contributed by atoms with van der Waals surface area (Å²) in [7, 11) is 0. The molecule has 0 saturated heterocycles. The van der Waals surface area contributed by atoms with Crippen LogP contribution in [0.15, 0.2) is 24.8 Å². The summed E-state index contributed by atoms with van der Waals surface area (Å²) in [6, 6.07) is 1.85. The Morgan fingerprint density at radius 2 is 2.25 bits per heavy atom. The van der Waals surface area contributed by atoms with E-state index in [1.165, 1.54) is 0 Å². The molecule has 0 aromatic heterocycles. The molecular formula is C10H15NO. The standard InChI is InChI=1S/C10H15NO/c1-5-6-10(3,4)9(12)8(2)7-11/h5,9,12H,1-2,6H2,3-4H3. The van der Waals surface area contributed by atoms with Crippen LogP contribution in [-0.4, -0.2) is 11.2 Å². The predicted molar refractivity (Wildman–Crippen MR) is 49.4 cm³/mol. The van der Waals surface area contributed by atoms with Gasteiger partial charge >= 0.3 is 0 Å². The van der Waals surface area contributed by atoms with Crippen molar-refractivity contribution in [2.75, 3.05) is 0 Å². The number of allylic oxidation sites excluding steroid dienone is 1. The topological polar surface area (TPSA) is 44.0 Å². The predicted octanol–water partition coefficient (Wildman–Crippen LogP) is 2.03. The smallest absolute Gasteiger partial charge is 0.0968 e. The van der Waals surface area contributed by atoms with Gasteiger partial charge in [-0.15, -0.1) is 6.58 Å². The summed E-state index contributed by atoms with van der Waals surface area (Å²) < 4.78 is 0. The lowest BCUT2D eigenvalue weighted by Gasteiger charge is -2.28. The van der Waals surface area contributed by atoms with E-state index in [-0.39, 0.29) is 11.0 Å². The summed E-state index contributed by atoms with van der Waals surface area (Å²) in [6.45, 7) is 10.8. The zero-order valence-corrected chi connectivity index (χ0v) is 7.67. The maximum Gasteiger partial charge on any atom is 0.0968 e. The summed E-state index contributed by atoms with van der Waals surface area (Å²) in [5, 5.41) is 18.1. The first-order valence-corrected chi connectivity index (χ1v) is 3.83. The lowest BCUT2D eigenvalue weighted by molar-refractivity contribution is 0.0870. The van der Waals surface area contributed by atoms with Crippen molar-refractivity contribution in [3.05, 3.63) is 24.8 Å². The molecule has 1 atom stereocenters. The molecule has 2 nitrogen and oxygen atoms in total. The van der Waals surface area contributed by atoms with Gasteiger partial charge in [-0.25, -0.2) is 0 Å². The first-order valence-electron chi connectivity index (χ1n) is 3.83. The zero-order chi connectivity index (χ0) is 9.78. The summed E-state index contributed by atoms with van der Waals surface area (Å²) in [5.74, 6) is 0. The van der Waals surface area contributed by atoms with E-state index >= 15 is 0 Å². The molecule has 66 valence electrons. The Morgan fingerprint density at radius 3 is 2.58 bits per heavy atom. The normalized spacial score (nSPS) is 13.2. The molecule has 0 aliphatic carbocycles. The van der Waals surface area contributed by atoms with Gasteiger partial charge in [0, 0.05) is 0 Å². The van der Waals surface area contributed by atoms with Crippen molar-refractivity contribution in [1.82, 2.24) is 0 Å². The van der Waals surface area contributed by atoms with Gasteiger partial charge in [0.05, 0.1) is 17.7 Å². The number of rotatable bonds is 4. The highest BCUT2D eigenvalue weighted by Gasteiger charge is 2.28. The van der Waals surface area contributed by atoms with Crippen LogP contribution in [0.5, 0.6) is 0 Å². The van der Waals surface area contributed by atoms with Crippen LogP contribution in [0.25, 0.3) is 0 Å². The highest BCUT2D eigenvalue weighted by molar-refractivity contribution is 5.23. The van der Waals surface area contributed by atoms with Gasteiger partial charge in [-0.1, -0.05) is 26.5 Å². The fourth-order valence-corrected chi connectivity index (χ4v) is 1.02. The summed E-state index contributed by atoms with van der Waals surface area (Å²) in [5.41, 5.74) is -0.143. The van der Waals surface area contributed by atoms with Crippen molar-refractivity contribution >= 4 is 0 Å². The quantitative estimate of drug-likeness (QED) is 0.511. The second-order valence-corrected chi connectivity index (χ2v) is 3.52. The highest BCUT2D eigenvalue weighted by atomic mass is 16.3. The van der Waals surface area contributed by atoms with Gasteiger partial charge in [0.25, 0.3) is 0 Å². The van der Waals surface area contributed by atoms with Gasteiger partial charge in [-0.3, -0.25) is 0 Å². The van der Waals surface area contributed by atoms with Crippen LogP contribution in [0.2, 0.25) is 0 Å². The second kappa shape index (κ2) is 4.08. The molecule has 0 bridgehead atoms. The van der Waals surface area contributed by atoms with Crippen LogP contribution in [0.1, 0.15) is 20.3 Å². The Labute approximate surface area is 73.8 Å². The summed E-state index contributed by atoms with van der Waals surface area (Å²) >= 11 is 0. The van der Waals surface area contributed by atoms with Gasteiger partial charge in [0.1, 0.15) is 0 Å². The van der Waals surface area contributed by atoms with E-state index in [0.717, 1.165) is 0 Å². The monoisotopic (exact) mass is 165 g/mol. The first-order chi connectivity index (χ1) is 5.45. The van der Waals surface area contributed by atoms with Crippen molar-refractivity contribution in [2.24, 2.45) is 5.41 Å². The van der Waals surface area contributed by atoms with Crippen molar-refractivity contribution in [2.45, 2.75) is 26.4 Å². The molecule has 0 amide bonds. The molecule has 0 heterocycles. The second-order valence-electron chi connectivity index (χ2n) is 3.52. The van der Waals surface area contributed by atoms with Crippen LogP contribution in [0, 0.1) is 16.7 Å². The van der Waals surface area contributed by atoms with Gasteiger partial charge in [-0.05, 0) is 11.8 Å². The summed E-state index contributed by atoms with van der Waals surface area (Å²) in [6.07, 6.45) is 1.61. The number of nitriles is 1. The Balaban J connectivity index is 4.46. The maximum atomic E-state index is 9.61. The molecule has 0 saturated carbocycles. The molecular weight excluding hydrogens is 150 g/mol. The van der Waals surface area contributed by atoms with Crippen molar-refractivity contribution in [1.29, 1.82) is 5.26 Å². The Kier molecular flexibility index (Phi) is 3.72. The van der Waals surface area contributed by atoms with Crippen LogP contribution < -0.4 is 0 Å². The van der Waals surface area contributed by atoms with E-state index in [9.17, 15) is 5.11 Å². The van der Waals surface area contributed by atoms with Gasteiger partial charge in [0.15, 0.2) is 0 Å². The van der Waals surface area contributed by atoms with Crippen LogP contribution in [0.4, 0.5) is 0 Å². The minimum absolute atomic E-state index is 0.210. The number of nitrogens with zero attached hydrogens (tertiary/aromatic N) is 1. The lowest BCUT2D eigenvalue weighted by Crippen LogP contribution is -2.29. The Morgan fingerprint density at radius 1 is 1.75 bits per heavy atom. The molecule has 0 spiro atoms. The van der Waals surface area contributed by atoms with E-state index in [2.05, 4.69) is 13.2 Å². The third-order valence-corrected chi connectivity index (χ3v) is 1.88. The molecule has 0 aromatic carbocycles. The van der Waals surface area contributed by atoms with E-state index in [1.807, 2.05) is 19.9 Å². The molecule has 0 fully saturated rings. The number of hydrogen-bond donors (Lipinski definition) is 1. The third kappa shape index (κ3) is 2.52. The molecule has 1 unspecified atom stereocenters. The Bertz CT molecular complexity index is 222. The maximum absolute atomic E-state index is 9.61. The van der Waals surface area contributed by atoms with E-state index in [1.54, 1.807) is 6.08 Å². The molecule has 2 heteroatoms. The fraction of sp³-hybridized carbons (Fsp3) is 0.500. The largest absolute Gasteiger partial charge is 0.387 e. The minimum atomic E-state index is -0.777. The van der Waals surface area contributed by atoms with Crippen LogP contribution in [0.3, 0.4) is 0 Å². The van der Waals surface area contributed by atoms with Crippen molar-refractivity contribution in [3.8, 4) is 6.07 Å². The van der Waals surface area contributed by atoms with Crippen LogP contribution in [-0.2, 0) is 0 Å². The van der Waals surface area contributed by atoms with Crippen molar-refractivity contribution in [3.63, 3.8) is 0 Å². The number of aliphatic hydroxyl groups excluding tert-OH is 1. The van der Waals surface area contributed by atoms with Crippen LogP contribution >= 0.6 is 0 Å². The minimum Gasteiger partial charge on any atom is -0.387 e. The summed E-state index contributed by atoms with van der Waals surface area (Å²) in [4.78, 5) is 0.